The van der Waals surface area contributed by atoms with Crippen molar-refractivity contribution in [3.05, 3.63) is 35.9 Å². The maximum Gasteiger partial charge on any atom is 0.216 e. The summed E-state index contributed by atoms with van der Waals surface area (Å²) in [6.45, 7) is 1.90. The molecule has 0 amide bonds. The Labute approximate surface area is 114 Å². The molecule has 4 nitrogen and oxygen atoms in total. The summed E-state index contributed by atoms with van der Waals surface area (Å²) in [5.74, 6) is 1.11. The van der Waals surface area contributed by atoms with Crippen LogP contribution in [0.4, 0.5) is 0 Å². The molecule has 2 fully saturated rings. The molecule has 1 aromatic rings. The molecule has 1 saturated carbocycles. The van der Waals surface area contributed by atoms with Gasteiger partial charge in [-0.05, 0) is 30.5 Å². The standard InChI is InChI=1S/C12H16N2O2S.ClH/c15-17(16,8-9-4-2-1-3-5-9)14-12-10-6-13-7-11(10)12;/h1-5,10-14H,6-8H2;1H. The first-order valence-electron chi connectivity index (χ1n) is 5.90. The Hall–Kier alpha value is -0.620. The van der Waals surface area contributed by atoms with Crippen molar-refractivity contribution in [2.75, 3.05) is 13.1 Å². The van der Waals surface area contributed by atoms with E-state index < -0.39 is 10.0 Å². The van der Waals surface area contributed by atoms with Crippen LogP contribution in [0.1, 0.15) is 5.56 Å². The third-order valence-electron chi connectivity index (χ3n) is 3.61. The lowest BCUT2D eigenvalue weighted by molar-refractivity contribution is 0.564. The van der Waals surface area contributed by atoms with E-state index in [4.69, 9.17) is 0 Å². The van der Waals surface area contributed by atoms with Crippen molar-refractivity contribution in [2.24, 2.45) is 11.8 Å². The van der Waals surface area contributed by atoms with Crippen LogP contribution >= 0.6 is 12.4 Å². The first-order valence-corrected chi connectivity index (χ1v) is 7.55. The quantitative estimate of drug-likeness (QED) is 0.859. The molecule has 2 unspecified atom stereocenters. The lowest BCUT2D eigenvalue weighted by atomic mass is 10.2. The van der Waals surface area contributed by atoms with Gasteiger partial charge in [0.05, 0.1) is 5.75 Å². The Morgan fingerprint density at radius 2 is 1.78 bits per heavy atom. The normalized spacial score (nSPS) is 29.4. The average Bonchev–Trinajstić information content (AvgIpc) is 2.75. The van der Waals surface area contributed by atoms with Crippen molar-refractivity contribution >= 4 is 22.4 Å². The monoisotopic (exact) mass is 288 g/mol. The van der Waals surface area contributed by atoms with E-state index >= 15 is 0 Å². The third-order valence-corrected chi connectivity index (χ3v) is 4.95. The van der Waals surface area contributed by atoms with E-state index in [1.165, 1.54) is 0 Å². The number of nitrogens with one attached hydrogen (secondary N) is 2. The second-order valence-corrected chi connectivity index (χ2v) is 6.63. The lowest BCUT2D eigenvalue weighted by Gasteiger charge is -2.08. The summed E-state index contributed by atoms with van der Waals surface area (Å²) < 4.78 is 26.7. The number of hydrogen-bond donors (Lipinski definition) is 2. The molecule has 2 aliphatic rings. The van der Waals surface area contributed by atoms with Gasteiger partial charge in [0.15, 0.2) is 0 Å². The molecule has 2 atom stereocenters. The van der Waals surface area contributed by atoms with Crippen LogP contribution in [0.15, 0.2) is 30.3 Å². The van der Waals surface area contributed by atoms with Gasteiger partial charge in [-0.25, -0.2) is 13.1 Å². The van der Waals surface area contributed by atoms with Crippen LogP contribution in [-0.4, -0.2) is 27.5 Å². The lowest BCUT2D eigenvalue weighted by Crippen LogP contribution is -2.33. The van der Waals surface area contributed by atoms with Gasteiger partial charge in [0, 0.05) is 6.04 Å². The Morgan fingerprint density at radius 1 is 1.17 bits per heavy atom. The zero-order valence-electron chi connectivity index (χ0n) is 9.87. The minimum absolute atomic E-state index is 0. The topological polar surface area (TPSA) is 58.2 Å². The molecule has 6 heteroatoms. The molecule has 100 valence electrons. The van der Waals surface area contributed by atoms with Crippen LogP contribution < -0.4 is 10.0 Å². The van der Waals surface area contributed by atoms with Crippen LogP contribution in [0.25, 0.3) is 0 Å². The second-order valence-electron chi connectivity index (χ2n) is 4.87. The van der Waals surface area contributed by atoms with E-state index in [2.05, 4.69) is 10.0 Å². The number of halogens is 1. The van der Waals surface area contributed by atoms with Crippen molar-refractivity contribution in [2.45, 2.75) is 11.8 Å². The first kappa shape index (κ1) is 13.8. The molecule has 0 bridgehead atoms. The molecule has 1 aromatic carbocycles. The molecule has 0 aromatic heterocycles. The fourth-order valence-electron chi connectivity index (χ4n) is 2.64. The third kappa shape index (κ3) is 2.85. The van der Waals surface area contributed by atoms with Crippen molar-refractivity contribution in [3.63, 3.8) is 0 Å². The summed E-state index contributed by atoms with van der Waals surface area (Å²) in [6.07, 6.45) is 0. The van der Waals surface area contributed by atoms with Crippen molar-refractivity contribution in [3.8, 4) is 0 Å². The molecule has 1 heterocycles. The smallest absolute Gasteiger partial charge is 0.216 e. The molecule has 3 rings (SSSR count). The Morgan fingerprint density at radius 3 is 2.39 bits per heavy atom. The van der Waals surface area contributed by atoms with Crippen LogP contribution in [0, 0.1) is 11.8 Å². The fraction of sp³-hybridized carbons (Fsp3) is 0.500. The van der Waals surface area contributed by atoms with E-state index in [1.807, 2.05) is 30.3 Å². The largest absolute Gasteiger partial charge is 0.316 e. The molecule has 1 saturated heterocycles. The fourth-order valence-corrected chi connectivity index (χ4v) is 4.11. The van der Waals surface area contributed by atoms with Crippen molar-refractivity contribution < 1.29 is 8.42 Å². The number of hydrogen-bond acceptors (Lipinski definition) is 3. The summed E-state index contributed by atoms with van der Waals surface area (Å²) in [4.78, 5) is 0. The van der Waals surface area contributed by atoms with Gasteiger partial charge in [-0.2, -0.15) is 0 Å². The van der Waals surface area contributed by atoms with Gasteiger partial charge in [0.1, 0.15) is 0 Å². The van der Waals surface area contributed by atoms with E-state index in [9.17, 15) is 8.42 Å². The Bertz CT molecular complexity index is 496. The van der Waals surface area contributed by atoms with Crippen LogP contribution in [0.3, 0.4) is 0 Å². The number of piperidine rings is 1. The van der Waals surface area contributed by atoms with Gasteiger partial charge in [-0.15, -0.1) is 12.4 Å². The zero-order chi connectivity index (χ0) is 11.9. The highest BCUT2D eigenvalue weighted by molar-refractivity contribution is 7.88. The summed E-state index contributed by atoms with van der Waals surface area (Å²) in [5.41, 5.74) is 0.837. The highest BCUT2D eigenvalue weighted by Gasteiger charge is 2.54. The molecule has 2 N–H and O–H groups in total. The summed E-state index contributed by atoms with van der Waals surface area (Å²) >= 11 is 0. The summed E-state index contributed by atoms with van der Waals surface area (Å²) in [6, 6.07) is 9.47. The van der Waals surface area contributed by atoms with E-state index in [-0.39, 0.29) is 24.2 Å². The van der Waals surface area contributed by atoms with E-state index in [1.54, 1.807) is 0 Å². The van der Waals surface area contributed by atoms with E-state index in [0.717, 1.165) is 18.7 Å². The second kappa shape index (κ2) is 5.17. The molecule has 18 heavy (non-hydrogen) atoms. The zero-order valence-corrected chi connectivity index (χ0v) is 11.5. The minimum atomic E-state index is -3.19. The van der Waals surface area contributed by atoms with E-state index in [0.29, 0.717) is 11.8 Å². The van der Waals surface area contributed by atoms with Crippen LogP contribution in [-0.2, 0) is 15.8 Å². The molecule has 0 radical (unpaired) electrons. The summed E-state index contributed by atoms with van der Waals surface area (Å²) in [7, 11) is -3.19. The first-order chi connectivity index (χ1) is 8.16. The number of fused-ring (bicyclic) bond motifs is 1. The molecule has 1 aliphatic heterocycles. The van der Waals surface area contributed by atoms with Gasteiger partial charge in [0.25, 0.3) is 0 Å². The van der Waals surface area contributed by atoms with Crippen molar-refractivity contribution in [1.29, 1.82) is 0 Å². The van der Waals surface area contributed by atoms with Crippen molar-refractivity contribution in [1.82, 2.24) is 10.0 Å². The van der Waals surface area contributed by atoms with Gasteiger partial charge in [-0.1, -0.05) is 30.3 Å². The maximum atomic E-state index is 11.9. The van der Waals surface area contributed by atoms with Gasteiger partial charge < -0.3 is 5.32 Å². The minimum Gasteiger partial charge on any atom is -0.316 e. The molecule has 1 aliphatic carbocycles. The SMILES string of the molecule is Cl.O=S(=O)(Cc1ccccc1)NC1C2CNCC21. The number of benzene rings is 1. The van der Waals surface area contributed by atoms with Gasteiger partial charge in [0.2, 0.25) is 10.0 Å². The summed E-state index contributed by atoms with van der Waals surface area (Å²) in [5, 5.41) is 3.25. The van der Waals surface area contributed by atoms with Gasteiger partial charge in [-0.3, -0.25) is 0 Å². The Kier molecular flexibility index (Phi) is 3.96. The van der Waals surface area contributed by atoms with Crippen LogP contribution in [0.5, 0.6) is 0 Å². The Balaban J connectivity index is 0.00000120. The highest BCUT2D eigenvalue weighted by Crippen LogP contribution is 2.42. The molecular weight excluding hydrogens is 272 g/mol. The molecular formula is C12H17ClN2O2S. The number of sulfonamides is 1. The predicted molar refractivity (Wildman–Crippen MR) is 73.1 cm³/mol. The van der Waals surface area contributed by atoms with Crippen LogP contribution in [0.2, 0.25) is 0 Å². The predicted octanol–water partition coefficient (Wildman–Crippen LogP) is 0.746. The number of rotatable bonds is 4. The molecule has 0 spiro atoms. The van der Waals surface area contributed by atoms with Gasteiger partial charge >= 0.3 is 0 Å². The highest BCUT2D eigenvalue weighted by atomic mass is 35.5. The maximum absolute atomic E-state index is 11.9. The average molecular weight is 289 g/mol.